The van der Waals surface area contributed by atoms with Crippen LogP contribution < -0.4 is 0 Å². The minimum absolute atomic E-state index is 0.381. The lowest BCUT2D eigenvalue weighted by molar-refractivity contribution is -0.139. The zero-order chi connectivity index (χ0) is 14.7. The fourth-order valence-corrected chi connectivity index (χ4v) is 3.90. The van der Waals surface area contributed by atoms with Gasteiger partial charge in [0.25, 0.3) is 0 Å². The van der Waals surface area contributed by atoms with Crippen LogP contribution in [0.25, 0.3) is 0 Å². The molecule has 114 valence electrons. The first-order chi connectivity index (χ1) is 10.2. The summed E-state index contributed by atoms with van der Waals surface area (Å²) in [6.07, 6.45) is 5.33. The van der Waals surface area contributed by atoms with Crippen molar-refractivity contribution in [1.82, 2.24) is 0 Å². The summed E-state index contributed by atoms with van der Waals surface area (Å²) < 4.78 is 5.36. The molecule has 1 aromatic carbocycles. The lowest BCUT2D eigenvalue weighted by atomic mass is 9.85. The van der Waals surface area contributed by atoms with Crippen molar-refractivity contribution in [2.75, 3.05) is 13.2 Å². The van der Waals surface area contributed by atoms with Crippen LogP contribution in [0.3, 0.4) is 0 Å². The maximum atomic E-state index is 11.6. The van der Waals surface area contributed by atoms with Gasteiger partial charge in [-0.1, -0.05) is 12.1 Å². The molecule has 1 aliphatic heterocycles. The monoisotopic (exact) mass is 306 g/mol. The summed E-state index contributed by atoms with van der Waals surface area (Å²) in [5.41, 5.74) is 0.939. The molecule has 21 heavy (non-hydrogen) atoms. The Balaban J connectivity index is 1.65. The fraction of sp³-hybridized carbons (Fsp3) is 0.588. The lowest BCUT2D eigenvalue weighted by Gasteiger charge is -2.25. The molecule has 1 aromatic rings. The highest BCUT2D eigenvalue weighted by Crippen LogP contribution is 2.39. The van der Waals surface area contributed by atoms with Gasteiger partial charge in [0.15, 0.2) is 0 Å². The molecule has 2 aliphatic rings. The Labute approximate surface area is 130 Å². The highest BCUT2D eigenvalue weighted by molar-refractivity contribution is 8.00. The van der Waals surface area contributed by atoms with E-state index in [0.29, 0.717) is 5.92 Å². The first kappa shape index (κ1) is 14.9. The van der Waals surface area contributed by atoms with Crippen molar-refractivity contribution >= 4 is 17.7 Å². The predicted molar refractivity (Wildman–Crippen MR) is 83.9 cm³/mol. The Morgan fingerprint density at radius 2 is 1.86 bits per heavy atom. The van der Waals surface area contributed by atoms with Crippen LogP contribution in [0, 0.1) is 5.92 Å². The Kier molecular flexibility index (Phi) is 4.86. The molecule has 2 fully saturated rings. The van der Waals surface area contributed by atoms with Gasteiger partial charge in [-0.2, -0.15) is 0 Å². The zero-order valence-corrected chi connectivity index (χ0v) is 13.0. The molecule has 4 heteroatoms. The van der Waals surface area contributed by atoms with Crippen molar-refractivity contribution in [3.63, 3.8) is 0 Å². The van der Waals surface area contributed by atoms with E-state index in [2.05, 4.69) is 12.1 Å². The van der Waals surface area contributed by atoms with E-state index in [1.165, 1.54) is 17.7 Å². The second-order valence-corrected chi connectivity index (χ2v) is 7.44. The molecular formula is C17H22O3S. The van der Waals surface area contributed by atoms with Gasteiger partial charge >= 0.3 is 5.97 Å². The molecule has 1 heterocycles. The van der Waals surface area contributed by atoms with Crippen LogP contribution in [0.2, 0.25) is 0 Å². The molecule has 3 rings (SSSR count). The van der Waals surface area contributed by atoms with Crippen molar-refractivity contribution in [1.29, 1.82) is 0 Å². The largest absolute Gasteiger partial charge is 0.481 e. The average Bonchev–Trinajstić information content (AvgIpc) is 3.31. The Morgan fingerprint density at radius 1 is 1.19 bits per heavy atom. The van der Waals surface area contributed by atoms with Gasteiger partial charge in [0.05, 0.1) is 5.92 Å². The van der Waals surface area contributed by atoms with E-state index < -0.39 is 5.97 Å². The van der Waals surface area contributed by atoms with Crippen molar-refractivity contribution in [3.8, 4) is 0 Å². The average molecular weight is 306 g/mol. The van der Waals surface area contributed by atoms with Crippen molar-refractivity contribution < 1.29 is 14.6 Å². The van der Waals surface area contributed by atoms with E-state index in [-0.39, 0.29) is 5.92 Å². The van der Waals surface area contributed by atoms with E-state index in [1.54, 1.807) is 0 Å². The molecule has 1 aliphatic carbocycles. The Hall–Kier alpha value is -1.00. The zero-order valence-electron chi connectivity index (χ0n) is 12.2. The SMILES string of the molecule is O=C(O)C(CC1CCOCC1)c1ccc(SC2CC2)cc1. The molecule has 0 amide bonds. The first-order valence-electron chi connectivity index (χ1n) is 7.79. The summed E-state index contributed by atoms with van der Waals surface area (Å²) in [4.78, 5) is 12.9. The number of rotatable bonds is 6. The van der Waals surface area contributed by atoms with Crippen LogP contribution in [-0.2, 0) is 9.53 Å². The first-order valence-corrected chi connectivity index (χ1v) is 8.67. The Morgan fingerprint density at radius 3 is 2.43 bits per heavy atom. The minimum Gasteiger partial charge on any atom is -0.481 e. The molecular weight excluding hydrogens is 284 g/mol. The van der Waals surface area contributed by atoms with E-state index in [9.17, 15) is 9.90 Å². The Bertz CT molecular complexity index is 475. The lowest BCUT2D eigenvalue weighted by Crippen LogP contribution is -2.21. The van der Waals surface area contributed by atoms with Crippen LogP contribution >= 0.6 is 11.8 Å². The third-order valence-corrected chi connectivity index (χ3v) is 5.67. The maximum absolute atomic E-state index is 11.6. The van der Waals surface area contributed by atoms with Crippen molar-refractivity contribution in [2.24, 2.45) is 5.92 Å². The molecule has 0 bridgehead atoms. The summed E-state index contributed by atoms with van der Waals surface area (Å²) >= 11 is 1.91. The number of benzene rings is 1. The van der Waals surface area contributed by atoms with Gasteiger partial charge in [-0.25, -0.2) is 0 Å². The van der Waals surface area contributed by atoms with E-state index >= 15 is 0 Å². The number of carboxylic acid groups (broad SMARTS) is 1. The minimum atomic E-state index is -0.705. The number of carbonyl (C=O) groups is 1. The van der Waals surface area contributed by atoms with Crippen LogP contribution in [0.1, 0.15) is 43.6 Å². The van der Waals surface area contributed by atoms with E-state index in [0.717, 1.165) is 43.3 Å². The molecule has 1 saturated heterocycles. The number of carboxylic acids is 1. The van der Waals surface area contributed by atoms with Crippen molar-refractivity contribution in [2.45, 2.75) is 48.2 Å². The number of aliphatic carboxylic acids is 1. The fourth-order valence-electron chi connectivity index (χ4n) is 2.85. The summed E-state index contributed by atoms with van der Waals surface area (Å²) in [7, 11) is 0. The van der Waals surface area contributed by atoms with E-state index in [4.69, 9.17) is 4.74 Å². The number of hydrogen-bond acceptors (Lipinski definition) is 3. The molecule has 1 atom stereocenters. The summed E-state index contributed by atoms with van der Waals surface area (Å²) in [5, 5.41) is 10.3. The summed E-state index contributed by atoms with van der Waals surface area (Å²) in [5.74, 6) is -0.613. The summed E-state index contributed by atoms with van der Waals surface area (Å²) in [6.45, 7) is 1.54. The van der Waals surface area contributed by atoms with E-state index in [1.807, 2.05) is 23.9 Å². The highest BCUT2D eigenvalue weighted by Gasteiger charge is 2.26. The standard InChI is InChI=1S/C17H22O3S/c18-17(19)16(11-12-7-9-20-10-8-12)13-1-3-14(4-2-13)21-15-5-6-15/h1-4,12,15-16H,5-11H2,(H,18,19). The van der Waals surface area contributed by atoms with Gasteiger partial charge in [-0.15, -0.1) is 11.8 Å². The molecule has 0 aromatic heterocycles. The third-order valence-electron chi connectivity index (χ3n) is 4.32. The molecule has 1 saturated carbocycles. The van der Waals surface area contributed by atoms with Crippen LogP contribution in [0.5, 0.6) is 0 Å². The third kappa shape index (κ3) is 4.24. The number of thioether (sulfide) groups is 1. The van der Waals surface area contributed by atoms with Gasteiger partial charge in [0.1, 0.15) is 0 Å². The molecule has 3 nitrogen and oxygen atoms in total. The second-order valence-electron chi connectivity index (χ2n) is 6.07. The van der Waals surface area contributed by atoms with Crippen LogP contribution in [0.15, 0.2) is 29.2 Å². The smallest absolute Gasteiger partial charge is 0.310 e. The molecule has 0 radical (unpaired) electrons. The molecule has 1 unspecified atom stereocenters. The van der Waals surface area contributed by atoms with Gasteiger partial charge in [0.2, 0.25) is 0 Å². The van der Waals surface area contributed by atoms with Gasteiger partial charge in [0, 0.05) is 23.4 Å². The van der Waals surface area contributed by atoms with Gasteiger partial charge in [-0.3, -0.25) is 4.79 Å². The predicted octanol–water partition coefficient (Wildman–Crippen LogP) is 3.93. The number of ether oxygens (including phenoxy) is 1. The highest BCUT2D eigenvalue weighted by atomic mass is 32.2. The maximum Gasteiger partial charge on any atom is 0.310 e. The normalized spacial score (nSPS) is 21.1. The summed E-state index contributed by atoms with van der Waals surface area (Å²) in [6, 6.07) is 8.17. The van der Waals surface area contributed by atoms with Crippen molar-refractivity contribution in [3.05, 3.63) is 29.8 Å². The van der Waals surface area contributed by atoms with Crippen LogP contribution in [-0.4, -0.2) is 29.5 Å². The van der Waals surface area contributed by atoms with Crippen LogP contribution in [0.4, 0.5) is 0 Å². The van der Waals surface area contributed by atoms with Gasteiger partial charge < -0.3 is 9.84 Å². The van der Waals surface area contributed by atoms with Gasteiger partial charge in [-0.05, 0) is 55.7 Å². The second kappa shape index (κ2) is 6.84. The quantitative estimate of drug-likeness (QED) is 0.865. The molecule has 1 N–H and O–H groups in total. The number of hydrogen-bond donors (Lipinski definition) is 1. The molecule has 0 spiro atoms. The topological polar surface area (TPSA) is 46.5 Å².